The van der Waals surface area contributed by atoms with E-state index in [0.717, 1.165) is 6.42 Å². The van der Waals surface area contributed by atoms with Crippen molar-refractivity contribution in [3.05, 3.63) is 29.8 Å². The van der Waals surface area contributed by atoms with Crippen LogP contribution in [0.1, 0.15) is 31.2 Å². The maximum Gasteiger partial charge on any atom is 0.115 e. The van der Waals surface area contributed by atoms with E-state index < -0.39 is 0 Å². The molecule has 2 heteroatoms. The third-order valence-corrected chi connectivity index (χ3v) is 3.74. The Morgan fingerprint density at radius 2 is 1.75 bits per heavy atom. The second-order valence-electron chi connectivity index (χ2n) is 4.86. The predicted molar refractivity (Wildman–Crippen MR) is 64.3 cm³/mol. The van der Waals surface area contributed by atoms with Crippen LogP contribution in [0.15, 0.2) is 24.3 Å². The highest BCUT2D eigenvalue weighted by molar-refractivity contribution is 5.26. The Labute approximate surface area is 96.9 Å². The maximum atomic E-state index is 9.45. The van der Waals surface area contributed by atoms with Crippen LogP contribution in [0.25, 0.3) is 0 Å². The fourth-order valence-electron chi connectivity index (χ4n) is 2.74. The number of benzene rings is 1. The van der Waals surface area contributed by atoms with Crippen molar-refractivity contribution >= 4 is 0 Å². The molecule has 1 aromatic rings. The van der Waals surface area contributed by atoms with Gasteiger partial charge in [-0.05, 0) is 36.0 Å². The van der Waals surface area contributed by atoms with Crippen LogP contribution in [-0.4, -0.2) is 16.8 Å². The van der Waals surface area contributed by atoms with Gasteiger partial charge in [-0.3, -0.25) is 0 Å². The molecular weight excluding hydrogens is 200 g/mol. The van der Waals surface area contributed by atoms with Crippen molar-refractivity contribution in [2.24, 2.45) is 11.8 Å². The molecule has 0 saturated heterocycles. The first kappa shape index (κ1) is 11.5. The first-order valence-electron chi connectivity index (χ1n) is 6.18. The highest BCUT2D eigenvalue weighted by Crippen LogP contribution is 2.33. The second kappa shape index (κ2) is 5.35. The van der Waals surface area contributed by atoms with Gasteiger partial charge in [-0.25, -0.2) is 0 Å². The molecule has 0 heterocycles. The summed E-state index contributed by atoms with van der Waals surface area (Å²) in [5, 5.41) is 18.7. The van der Waals surface area contributed by atoms with Crippen LogP contribution in [0, 0.1) is 11.8 Å². The van der Waals surface area contributed by atoms with E-state index in [1.807, 2.05) is 12.1 Å². The molecule has 0 radical (unpaired) electrons. The van der Waals surface area contributed by atoms with Crippen LogP contribution in [-0.2, 0) is 6.42 Å². The number of aliphatic hydroxyl groups is 1. The van der Waals surface area contributed by atoms with Crippen LogP contribution in [0.2, 0.25) is 0 Å². The molecule has 1 atom stereocenters. The Kier molecular flexibility index (Phi) is 3.83. The monoisotopic (exact) mass is 220 g/mol. The molecule has 88 valence electrons. The fraction of sp³-hybridized carbons (Fsp3) is 0.571. The zero-order chi connectivity index (χ0) is 11.4. The highest BCUT2D eigenvalue weighted by Gasteiger charge is 2.24. The van der Waals surface area contributed by atoms with Crippen LogP contribution in [0.5, 0.6) is 5.75 Å². The molecule has 1 fully saturated rings. The molecule has 1 unspecified atom stereocenters. The predicted octanol–water partition coefficient (Wildman–Crippen LogP) is 2.73. The normalized spacial score (nSPS) is 18.8. The Balaban J connectivity index is 1.97. The Morgan fingerprint density at radius 3 is 2.31 bits per heavy atom. The second-order valence-corrected chi connectivity index (χ2v) is 4.86. The van der Waals surface area contributed by atoms with Gasteiger partial charge in [0.15, 0.2) is 0 Å². The van der Waals surface area contributed by atoms with Gasteiger partial charge in [0, 0.05) is 6.61 Å². The smallest absolute Gasteiger partial charge is 0.115 e. The third-order valence-electron chi connectivity index (χ3n) is 3.74. The lowest BCUT2D eigenvalue weighted by Gasteiger charge is -2.21. The van der Waals surface area contributed by atoms with E-state index in [4.69, 9.17) is 0 Å². The molecule has 0 aliphatic heterocycles. The SMILES string of the molecule is OCC(Cc1ccc(O)cc1)C1CCCC1. The first-order chi connectivity index (χ1) is 7.79. The number of hydrogen-bond donors (Lipinski definition) is 2. The van der Waals surface area contributed by atoms with Crippen LogP contribution in [0.4, 0.5) is 0 Å². The quantitative estimate of drug-likeness (QED) is 0.819. The van der Waals surface area contributed by atoms with Crippen molar-refractivity contribution in [2.75, 3.05) is 6.61 Å². The molecule has 16 heavy (non-hydrogen) atoms. The fourth-order valence-corrected chi connectivity index (χ4v) is 2.74. The van der Waals surface area contributed by atoms with Gasteiger partial charge in [-0.15, -0.1) is 0 Å². The summed E-state index contributed by atoms with van der Waals surface area (Å²) in [4.78, 5) is 0. The number of phenols is 1. The van der Waals surface area contributed by atoms with E-state index in [9.17, 15) is 10.2 Å². The minimum absolute atomic E-state index is 0.283. The number of aliphatic hydroxyl groups excluding tert-OH is 1. The highest BCUT2D eigenvalue weighted by atomic mass is 16.3. The molecule has 0 bridgehead atoms. The van der Waals surface area contributed by atoms with Crippen molar-refractivity contribution in [3.8, 4) is 5.75 Å². The molecule has 2 rings (SSSR count). The molecule has 2 nitrogen and oxygen atoms in total. The van der Waals surface area contributed by atoms with Gasteiger partial charge in [0.1, 0.15) is 5.75 Å². The standard InChI is InChI=1S/C14H20O2/c15-10-13(12-3-1-2-4-12)9-11-5-7-14(16)8-6-11/h5-8,12-13,15-16H,1-4,9-10H2. The Hall–Kier alpha value is -1.02. The van der Waals surface area contributed by atoms with E-state index >= 15 is 0 Å². The molecule has 1 aliphatic rings. The van der Waals surface area contributed by atoms with E-state index in [-0.39, 0.29) is 6.61 Å². The lowest BCUT2D eigenvalue weighted by molar-refractivity contribution is 0.175. The lowest BCUT2D eigenvalue weighted by Crippen LogP contribution is -2.18. The summed E-state index contributed by atoms with van der Waals surface area (Å²) < 4.78 is 0. The lowest BCUT2D eigenvalue weighted by atomic mass is 9.86. The maximum absolute atomic E-state index is 9.45. The molecule has 1 saturated carbocycles. The van der Waals surface area contributed by atoms with Crippen LogP contribution >= 0.6 is 0 Å². The number of rotatable bonds is 4. The Morgan fingerprint density at radius 1 is 1.12 bits per heavy atom. The molecule has 2 N–H and O–H groups in total. The number of phenolic OH excluding ortho intramolecular Hbond substituents is 1. The van der Waals surface area contributed by atoms with Crippen molar-refractivity contribution in [1.82, 2.24) is 0 Å². The molecule has 0 spiro atoms. The van der Waals surface area contributed by atoms with Gasteiger partial charge in [-0.1, -0.05) is 37.8 Å². The summed E-state index contributed by atoms with van der Waals surface area (Å²) in [7, 11) is 0. The molecule has 1 aliphatic carbocycles. The van der Waals surface area contributed by atoms with E-state index in [2.05, 4.69) is 0 Å². The zero-order valence-corrected chi connectivity index (χ0v) is 9.60. The first-order valence-corrected chi connectivity index (χ1v) is 6.18. The van der Waals surface area contributed by atoms with E-state index in [1.165, 1.54) is 31.2 Å². The number of aromatic hydroxyl groups is 1. The van der Waals surface area contributed by atoms with Crippen molar-refractivity contribution in [3.63, 3.8) is 0 Å². The van der Waals surface area contributed by atoms with Crippen LogP contribution < -0.4 is 0 Å². The summed E-state index contributed by atoms with van der Waals surface area (Å²) in [5.41, 5.74) is 1.21. The minimum Gasteiger partial charge on any atom is -0.508 e. The van der Waals surface area contributed by atoms with Gasteiger partial charge in [0.2, 0.25) is 0 Å². The summed E-state index contributed by atoms with van der Waals surface area (Å²) in [6.07, 6.45) is 6.10. The molecule has 1 aromatic carbocycles. The topological polar surface area (TPSA) is 40.5 Å². The van der Waals surface area contributed by atoms with Gasteiger partial charge >= 0.3 is 0 Å². The summed E-state index contributed by atoms with van der Waals surface area (Å²) in [6, 6.07) is 7.34. The van der Waals surface area contributed by atoms with Crippen molar-refractivity contribution in [1.29, 1.82) is 0 Å². The zero-order valence-electron chi connectivity index (χ0n) is 9.60. The number of hydrogen-bond acceptors (Lipinski definition) is 2. The van der Waals surface area contributed by atoms with E-state index in [1.54, 1.807) is 12.1 Å². The van der Waals surface area contributed by atoms with Crippen molar-refractivity contribution < 1.29 is 10.2 Å². The summed E-state index contributed by atoms with van der Waals surface area (Å²) in [5.74, 6) is 1.40. The Bertz CT molecular complexity index is 312. The minimum atomic E-state index is 0.283. The van der Waals surface area contributed by atoms with Crippen LogP contribution in [0.3, 0.4) is 0 Å². The van der Waals surface area contributed by atoms with Crippen molar-refractivity contribution in [2.45, 2.75) is 32.1 Å². The molecular formula is C14H20O2. The molecule has 0 aromatic heterocycles. The van der Waals surface area contributed by atoms with E-state index in [0.29, 0.717) is 17.6 Å². The van der Waals surface area contributed by atoms with Gasteiger partial charge in [-0.2, -0.15) is 0 Å². The molecule has 0 amide bonds. The van der Waals surface area contributed by atoms with Gasteiger partial charge in [0.05, 0.1) is 0 Å². The van der Waals surface area contributed by atoms with Gasteiger partial charge in [0.25, 0.3) is 0 Å². The average molecular weight is 220 g/mol. The third kappa shape index (κ3) is 2.76. The van der Waals surface area contributed by atoms with Gasteiger partial charge < -0.3 is 10.2 Å². The summed E-state index contributed by atoms with van der Waals surface area (Å²) in [6.45, 7) is 0.283. The average Bonchev–Trinajstić information content (AvgIpc) is 2.82. The largest absolute Gasteiger partial charge is 0.508 e. The summed E-state index contributed by atoms with van der Waals surface area (Å²) >= 11 is 0.